The molecule has 1 aliphatic heterocycles. The van der Waals surface area contributed by atoms with E-state index in [1.807, 2.05) is 13.8 Å². The molecule has 0 radical (unpaired) electrons. The minimum Gasteiger partial charge on any atom is -0.433 e. The molecule has 1 atom stereocenters. The second kappa shape index (κ2) is 7.70. The highest BCUT2D eigenvalue weighted by Gasteiger charge is 2.38. The van der Waals surface area contributed by atoms with Gasteiger partial charge in [-0.15, -0.1) is 12.4 Å². The number of hydrogen-bond acceptors (Lipinski definition) is 4. The quantitative estimate of drug-likeness (QED) is 0.836. The summed E-state index contributed by atoms with van der Waals surface area (Å²) in [5.74, 6) is -0.262. The lowest BCUT2D eigenvalue weighted by Gasteiger charge is -2.41. The van der Waals surface area contributed by atoms with Crippen LogP contribution in [-0.4, -0.2) is 38.5 Å². The lowest BCUT2D eigenvalue weighted by Crippen LogP contribution is -2.53. The van der Waals surface area contributed by atoms with Gasteiger partial charge < -0.3 is 10.5 Å². The van der Waals surface area contributed by atoms with Crippen LogP contribution in [0.2, 0.25) is 5.02 Å². The molecular formula is C14H20Cl2F2N2O3S. The molecule has 2 N–H and O–H groups in total. The number of hydrogen-bond donors (Lipinski definition) is 1. The Morgan fingerprint density at radius 1 is 1.42 bits per heavy atom. The van der Waals surface area contributed by atoms with Crippen molar-refractivity contribution in [1.29, 1.82) is 0 Å². The van der Waals surface area contributed by atoms with Gasteiger partial charge in [-0.05, 0) is 30.0 Å². The Morgan fingerprint density at radius 3 is 2.54 bits per heavy atom. The van der Waals surface area contributed by atoms with E-state index in [2.05, 4.69) is 4.74 Å². The third kappa shape index (κ3) is 4.49. The van der Waals surface area contributed by atoms with Crippen molar-refractivity contribution in [2.24, 2.45) is 11.1 Å². The Bertz CT molecular complexity index is 687. The van der Waals surface area contributed by atoms with Gasteiger partial charge in [0, 0.05) is 19.1 Å². The van der Waals surface area contributed by atoms with E-state index in [4.69, 9.17) is 17.3 Å². The third-order valence-electron chi connectivity index (χ3n) is 4.03. The van der Waals surface area contributed by atoms with Gasteiger partial charge in [-0.1, -0.05) is 25.4 Å². The summed E-state index contributed by atoms with van der Waals surface area (Å²) in [6.45, 7) is 1.38. The van der Waals surface area contributed by atoms with Crippen molar-refractivity contribution in [3.63, 3.8) is 0 Å². The number of alkyl halides is 2. The van der Waals surface area contributed by atoms with Crippen molar-refractivity contribution in [1.82, 2.24) is 4.31 Å². The predicted molar refractivity (Wildman–Crippen MR) is 90.5 cm³/mol. The number of piperidine rings is 1. The van der Waals surface area contributed by atoms with Crippen LogP contribution in [0.4, 0.5) is 8.78 Å². The SMILES string of the molecule is CC1(C)CN(S(=O)(=O)c2ccc(OC(F)F)c(Cl)c2)CCC1N.Cl. The Hall–Kier alpha value is -0.670. The molecule has 5 nitrogen and oxygen atoms in total. The molecule has 0 bridgehead atoms. The predicted octanol–water partition coefficient (Wildman–Crippen LogP) is 3.11. The minimum absolute atomic E-state index is 0. The van der Waals surface area contributed by atoms with Crippen LogP contribution in [0.3, 0.4) is 0 Å². The molecule has 24 heavy (non-hydrogen) atoms. The smallest absolute Gasteiger partial charge is 0.387 e. The number of nitrogens with two attached hydrogens (primary N) is 1. The molecule has 0 spiro atoms. The Morgan fingerprint density at radius 2 is 2.04 bits per heavy atom. The van der Waals surface area contributed by atoms with Crippen LogP contribution in [0.25, 0.3) is 0 Å². The normalized spacial score (nSPS) is 21.4. The number of rotatable bonds is 4. The van der Waals surface area contributed by atoms with Crippen molar-refractivity contribution in [3.8, 4) is 5.75 Å². The highest BCUT2D eigenvalue weighted by Crippen LogP contribution is 2.34. The van der Waals surface area contributed by atoms with Crippen molar-refractivity contribution in [3.05, 3.63) is 23.2 Å². The molecule has 0 aliphatic carbocycles. The maximum absolute atomic E-state index is 12.7. The summed E-state index contributed by atoms with van der Waals surface area (Å²) in [7, 11) is -3.77. The van der Waals surface area contributed by atoms with Crippen LogP contribution >= 0.6 is 24.0 Å². The Kier molecular flexibility index (Phi) is 6.85. The molecule has 1 fully saturated rings. The zero-order valence-corrected chi connectivity index (χ0v) is 15.6. The molecular weight excluding hydrogens is 385 g/mol. The van der Waals surface area contributed by atoms with E-state index in [-0.39, 0.29) is 46.1 Å². The van der Waals surface area contributed by atoms with Crippen LogP contribution in [0.15, 0.2) is 23.1 Å². The van der Waals surface area contributed by atoms with E-state index in [1.54, 1.807) is 0 Å². The number of sulfonamides is 1. The van der Waals surface area contributed by atoms with E-state index in [9.17, 15) is 17.2 Å². The first-order valence-electron chi connectivity index (χ1n) is 7.04. The van der Waals surface area contributed by atoms with Crippen LogP contribution < -0.4 is 10.5 Å². The lowest BCUT2D eigenvalue weighted by molar-refractivity contribution is -0.0498. The number of ether oxygens (including phenoxy) is 1. The van der Waals surface area contributed by atoms with Gasteiger partial charge in [0.2, 0.25) is 10.0 Å². The molecule has 0 amide bonds. The first-order chi connectivity index (χ1) is 10.5. The van der Waals surface area contributed by atoms with Gasteiger partial charge in [-0.25, -0.2) is 8.42 Å². The van der Waals surface area contributed by atoms with Crippen LogP contribution in [0.1, 0.15) is 20.3 Å². The van der Waals surface area contributed by atoms with Gasteiger partial charge in [0.15, 0.2) is 0 Å². The lowest BCUT2D eigenvalue weighted by atomic mass is 9.81. The topological polar surface area (TPSA) is 72.6 Å². The van der Waals surface area contributed by atoms with Gasteiger partial charge in [0.1, 0.15) is 5.75 Å². The summed E-state index contributed by atoms with van der Waals surface area (Å²) in [5, 5.41) is -0.181. The fourth-order valence-electron chi connectivity index (χ4n) is 2.51. The monoisotopic (exact) mass is 404 g/mol. The largest absolute Gasteiger partial charge is 0.433 e. The number of nitrogens with zero attached hydrogens (tertiary/aromatic N) is 1. The van der Waals surface area contributed by atoms with E-state index in [1.165, 1.54) is 10.4 Å². The second-order valence-corrected chi connectivity index (χ2v) is 8.54. The molecule has 10 heteroatoms. The van der Waals surface area contributed by atoms with Crippen molar-refractivity contribution >= 4 is 34.0 Å². The molecule has 1 heterocycles. The molecule has 0 aromatic heterocycles. The first kappa shape index (κ1) is 21.4. The Labute approximate surface area is 151 Å². The third-order valence-corrected chi connectivity index (χ3v) is 6.17. The van der Waals surface area contributed by atoms with Gasteiger partial charge in [-0.2, -0.15) is 13.1 Å². The highest BCUT2D eigenvalue weighted by molar-refractivity contribution is 7.89. The average Bonchev–Trinajstić information content (AvgIpc) is 2.43. The van der Waals surface area contributed by atoms with E-state index < -0.39 is 16.6 Å². The number of benzene rings is 1. The summed E-state index contributed by atoms with van der Waals surface area (Å²) in [6.07, 6.45) is 0.548. The van der Waals surface area contributed by atoms with E-state index >= 15 is 0 Å². The fraction of sp³-hybridized carbons (Fsp3) is 0.571. The molecule has 1 saturated heterocycles. The average molecular weight is 405 g/mol. The summed E-state index contributed by atoms with van der Waals surface area (Å²) < 4.78 is 55.4. The van der Waals surface area contributed by atoms with Crippen LogP contribution in [-0.2, 0) is 10.0 Å². The first-order valence-corrected chi connectivity index (χ1v) is 8.86. The Balaban J connectivity index is 0.00000288. The van der Waals surface area contributed by atoms with Gasteiger partial charge in [-0.3, -0.25) is 0 Å². The molecule has 1 aliphatic rings. The zero-order chi connectivity index (χ0) is 17.4. The van der Waals surface area contributed by atoms with Crippen LogP contribution in [0, 0.1) is 5.41 Å². The second-order valence-electron chi connectivity index (χ2n) is 6.19. The molecule has 138 valence electrons. The molecule has 1 aromatic rings. The van der Waals surface area contributed by atoms with Gasteiger partial charge in [0.25, 0.3) is 0 Å². The summed E-state index contributed by atoms with van der Waals surface area (Å²) in [5.41, 5.74) is 5.66. The molecule has 2 rings (SSSR count). The van der Waals surface area contributed by atoms with E-state index in [0.29, 0.717) is 13.0 Å². The van der Waals surface area contributed by atoms with Gasteiger partial charge in [0.05, 0.1) is 9.92 Å². The fourth-order valence-corrected chi connectivity index (χ4v) is 4.46. The maximum atomic E-state index is 12.7. The van der Waals surface area contributed by atoms with Crippen LogP contribution in [0.5, 0.6) is 5.75 Å². The maximum Gasteiger partial charge on any atom is 0.387 e. The highest BCUT2D eigenvalue weighted by atomic mass is 35.5. The van der Waals surface area contributed by atoms with Crippen molar-refractivity contribution in [2.45, 2.75) is 37.8 Å². The van der Waals surface area contributed by atoms with E-state index in [0.717, 1.165) is 12.1 Å². The van der Waals surface area contributed by atoms with Crippen molar-refractivity contribution in [2.75, 3.05) is 13.1 Å². The molecule has 1 aromatic carbocycles. The summed E-state index contributed by atoms with van der Waals surface area (Å²) in [4.78, 5) is -0.0598. The number of halogens is 4. The van der Waals surface area contributed by atoms with Gasteiger partial charge >= 0.3 is 6.61 Å². The zero-order valence-electron chi connectivity index (χ0n) is 13.2. The standard InChI is InChI=1S/C14H19ClF2N2O3S.ClH/c1-14(2)8-19(6-5-12(14)18)23(20,21)9-3-4-11(10(15)7-9)22-13(16)17;/h3-4,7,12-13H,5-6,8,18H2,1-2H3;1H. The minimum atomic E-state index is -3.77. The van der Waals surface area contributed by atoms with Crippen molar-refractivity contribution < 1.29 is 21.9 Å². The summed E-state index contributed by atoms with van der Waals surface area (Å²) in [6, 6.07) is 3.37. The molecule has 0 saturated carbocycles. The molecule has 1 unspecified atom stereocenters. The summed E-state index contributed by atoms with van der Waals surface area (Å²) >= 11 is 5.84.